The summed E-state index contributed by atoms with van der Waals surface area (Å²) < 4.78 is 36.1. The highest BCUT2D eigenvalue weighted by atomic mass is 16.6. The first-order valence-corrected chi connectivity index (χ1v) is 19.2. The van der Waals surface area contributed by atoms with Crippen LogP contribution in [0, 0.1) is 39.9 Å². The van der Waals surface area contributed by atoms with Crippen molar-refractivity contribution in [2.75, 3.05) is 6.61 Å². The molecule has 1 aromatic heterocycles. The number of furan rings is 1. The second kappa shape index (κ2) is 15.1. The molecule has 3 fully saturated rings. The van der Waals surface area contributed by atoms with Crippen molar-refractivity contribution in [3.05, 3.63) is 35.8 Å². The van der Waals surface area contributed by atoms with Gasteiger partial charge in [-0.25, -0.2) is 9.59 Å². The fraction of sp³-hybridized carbons (Fsp3) is 0.732. The van der Waals surface area contributed by atoms with Crippen LogP contribution in [0.5, 0.6) is 0 Å². The zero-order valence-electron chi connectivity index (χ0n) is 33.2. The molecule has 3 aliphatic carbocycles. The predicted octanol–water partition coefficient (Wildman–Crippen LogP) is 5.20. The molecule has 0 aromatic carbocycles. The van der Waals surface area contributed by atoms with Crippen molar-refractivity contribution < 1.29 is 62.3 Å². The molecule has 0 bridgehead atoms. The van der Waals surface area contributed by atoms with Crippen molar-refractivity contribution in [2.24, 2.45) is 39.9 Å². The van der Waals surface area contributed by atoms with Gasteiger partial charge in [-0.15, -0.1) is 0 Å². The summed E-state index contributed by atoms with van der Waals surface area (Å²) in [6.07, 6.45) is 0.849. The fourth-order valence-electron chi connectivity index (χ4n) is 10.6. The van der Waals surface area contributed by atoms with Crippen LogP contribution in [0.2, 0.25) is 0 Å². The lowest BCUT2D eigenvalue weighted by Gasteiger charge is -2.67. The number of hydrogen-bond acceptors (Lipinski definition) is 13. The molecular formula is C41H58O13. The molecule has 13 nitrogen and oxygen atoms in total. The van der Waals surface area contributed by atoms with Crippen LogP contribution in [0.4, 0.5) is 0 Å². The number of carbonyl (C=O) groups excluding carboxylic acids is 5. The predicted molar refractivity (Wildman–Crippen MR) is 192 cm³/mol. The number of carbonyl (C=O) groups is 5. The fourth-order valence-corrected chi connectivity index (χ4v) is 10.6. The number of ether oxygens (including phenoxy) is 5. The SMILES string of the molecule is CCC(C)C(O)C(=O)O[C@@H]1C[C@@H]2[C@@](C)(C3C[C@H](OC(C)=O)[C@]4(C)C(=CC[C@H]4c4ccoc4)[C@@]31C)[C@@H](OC(C)=O)CC(=O)O[C@]2(C)COC(=O)C(O)C(C)C. The quantitative estimate of drug-likeness (QED) is 0.171. The van der Waals surface area contributed by atoms with Crippen molar-refractivity contribution in [1.82, 2.24) is 0 Å². The highest BCUT2D eigenvalue weighted by Crippen LogP contribution is 2.73. The number of rotatable bonds is 11. The molecule has 4 aliphatic rings. The van der Waals surface area contributed by atoms with Crippen molar-refractivity contribution in [3.8, 4) is 0 Å². The third-order valence-electron chi connectivity index (χ3n) is 13.7. The van der Waals surface area contributed by atoms with Gasteiger partial charge in [0.1, 0.15) is 30.5 Å². The summed E-state index contributed by atoms with van der Waals surface area (Å²) in [7, 11) is 0. The van der Waals surface area contributed by atoms with E-state index in [0.717, 1.165) is 11.1 Å². The Bertz CT molecular complexity index is 1630. The Hall–Kier alpha value is -3.71. The van der Waals surface area contributed by atoms with Crippen LogP contribution in [-0.2, 0) is 47.7 Å². The molecule has 1 aliphatic heterocycles. The van der Waals surface area contributed by atoms with Crippen molar-refractivity contribution >= 4 is 29.8 Å². The average Bonchev–Trinajstić information content (AvgIpc) is 3.74. The van der Waals surface area contributed by atoms with Crippen LogP contribution < -0.4 is 0 Å². The largest absolute Gasteiger partial charge is 0.472 e. The van der Waals surface area contributed by atoms with Gasteiger partial charge in [0.25, 0.3) is 0 Å². The highest BCUT2D eigenvalue weighted by molar-refractivity contribution is 5.76. The Morgan fingerprint density at radius 1 is 0.870 bits per heavy atom. The minimum atomic E-state index is -1.57. The van der Waals surface area contributed by atoms with Gasteiger partial charge in [0.05, 0.1) is 18.9 Å². The molecular weight excluding hydrogens is 700 g/mol. The molecule has 1 saturated heterocycles. The first-order chi connectivity index (χ1) is 25.2. The summed E-state index contributed by atoms with van der Waals surface area (Å²) in [5.41, 5.74) is -2.79. The zero-order chi connectivity index (χ0) is 40.1. The molecule has 2 N–H and O–H groups in total. The maximum Gasteiger partial charge on any atom is 0.335 e. The molecule has 2 heterocycles. The normalized spacial score (nSPS) is 37.6. The van der Waals surface area contributed by atoms with Gasteiger partial charge >= 0.3 is 29.8 Å². The summed E-state index contributed by atoms with van der Waals surface area (Å²) in [6.45, 7) is 16.7. The van der Waals surface area contributed by atoms with Gasteiger partial charge in [-0.2, -0.15) is 0 Å². The van der Waals surface area contributed by atoms with Gasteiger partial charge in [0, 0.05) is 41.9 Å². The van der Waals surface area contributed by atoms with E-state index >= 15 is 0 Å². The summed E-state index contributed by atoms with van der Waals surface area (Å²) in [5.74, 6) is -5.93. The summed E-state index contributed by atoms with van der Waals surface area (Å²) in [5, 5.41) is 21.6. The molecule has 0 radical (unpaired) electrons. The Kier molecular flexibility index (Phi) is 11.6. The first kappa shape index (κ1) is 41.5. The van der Waals surface area contributed by atoms with Crippen LogP contribution in [0.3, 0.4) is 0 Å². The van der Waals surface area contributed by atoms with Gasteiger partial charge in [-0.3, -0.25) is 14.4 Å². The number of hydrogen-bond donors (Lipinski definition) is 2. The van der Waals surface area contributed by atoms with E-state index in [4.69, 9.17) is 28.1 Å². The molecule has 54 heavy (non-hydrogen) atoms. The van der Waals surface area contributed by atoms with Gasteiger partial charge in [-0.05, 0) is 55.6 Å². The maximum absolute atomic E-state index is 13.9. The standard InChI is InChI=1S/C41H58O13/c1-11-22(4)35(46)37(48)53-31-16-28-38(7,20-50-36(47)34(45)21(2)3)54-33(44)18-32(52-24(6)43)41(28,10)29-17-30(51-23(5)42)39(8)26(25-14-15-49-19-25)12-13-27(39)40(29,31)9/h13-15,19,21-22,26,28-32,34-35,45-46H,11-12,16-18,20H2,1-10H3/t22?,26-,28-,29?,30-,31+,32-,34?,35?,38+,39-,40-,41-/m0/s1. The monoisotopic (exact) mass is 758 g/mol. The van der Waals surface area contributed by atoms with E-state index in [1.165, 1.54) is 13.8 Å². The summed E-state index contributed by atoms with van der Waals surface area (Å²) in [4.78, 5) is 66.5. The number of aliphatic hydroxyl groups excluding tert-OH is 2. The van der Waals surface area contributed by atoms with Crippen LogP contribution in [0.1, 0.15) is 113 Å². The van der Waals surface area contributed by atoms with E-state index in [0.29, 0.717) is 12.8 Å². The lowest BCUT2D eigenvalue weighted by Crippen LogP contribution is -2.70. The molecule has 1 aromatic rings. The van der Waals surface area contributed by atoms with E-state index in [1.54, 1.807) is 40.2 Å². The molecule has 4 unspecified atom stereocenters. The number of aliphatic hydroxyl groups is 2. The number of cyclic esters (lactones) is 1. The van der Waals surface area contributed by atoms with Crippen molar-refractivity contribution in [2.45, 2.75) is 143 Å². The number of esters is 5. The summed E-state index contributed by atoms with van der Waals surface area (Å²) in [6, 6.07) is 1.89. The minimum Gasteiger partial charge on any atom is -0.472 e. The summed E-state index contributed by atoms with van der Waals surface area (Å²) >= 11 is 0. The lowest BCUT2D eigenvalue weighted by molar-refractivity contribution is -0.247. The minimum absolute atomic E-state index is 0.0519. The maximum atomic E-state index is 13.9. The average molecular weight is 759 g/mol. The first-order valence-electron chi connectivity index (χ1n) is 19.2. The smallest absolute Gasteiger partial charge is 0.335 e. The molecule has 5 rings (SSSR count). The lowest BCUT2D eigenvalue weighted by atomic mass is 9.39. The third kappa shape index (κ3) is 6.88. The highest BCUT2D eigenvalue weighted by Gasteiger charge is 2.74. The van der Waals surface area contributed by atoms with Crippen molar-refractivity contribution in [1.29, 1.82) is 0 Å². The number of allylic oxidation sites excluding steroid dienone is 1. The Labute approximate surface area is 317 Å². The third-order valence-corrected chi connectivity index (χ3v) is 13.7. The second-order valence-electron chi connectivity index (χ2n) is 17.2. The topological polar surface area (TPSA) is 185 Å². The van der Waals surface area contributed by atoms with Crippen LogP contribution in [0.15, 0.2) is 34.7 Å². The van der Waals surface area contributed by atoms with E-state index in [-0.39, 0.29) is 25.2 Å². The molecule has 300 valence electrons. The van der Waals surface area contributed by atoms with Crippen LogP contribution in [0.25, 0.3) is 0 Å². The second-order valence-corrected chi connectivity index (χ2v) is 17.2. The molecule has 0 amide bonds. The van der Waals surface area contributed by atoms with Crippen LogP contribution >= 0.6 is 0 Å². The van der Waals surface area contributed by atoms with Crippen molar-refractivity contribution in [3.63, 3.8) is 0 Å². The van der Waals surface area contributed by atoms with Crippen LogP contribution in [-0.4, -0.2) is 82.8 Å². The van der Waals surface area contributed by atoms with Gasteiger partial charge < -0.3 is 38.3 Å². The van der Waals surface area contributed by atoms with E-state index < -0.39 is 112 Å². The van der Waals surface area contributed by atoms with E-state index in [9.17, 15) is 34.2 Å². The Morgan fingerprint density at radius 2 is 1.48 bits per heavy atom. The van der Waals surface area contributed by atoms with Gasteiger partial charge in [-0.1, -0.05) is 66.5 Å². The number of fused-ring (bicyclic) bond motifs is 5. The zero-order valence-corrected chi connectivity index (χ0v) is 33.2. The van der Waals surface area contributed by atoms with Gasteiger partial charge in [0.2, 0.25) is 0 Å². The van der Waals surface area contributed by atoms with E-state index in [2.05, 4.69) is 6.08 Å². The Balaban J connectivity index is 1.74. The molecule has 0 spiro atoms. The Morgan fingerprint density at radius 3 is 2.06 bits per heavy atom. The molecule has 2 saturated carbocycles. The molecule has 13 heteroatoms. The van der Waals surface area contributed by atoms with E-state index in [1.807, 2.05) is 33.8 Å². The molecule has 13 atom stereocenters. The van der Waals surface area contributed by atoms with Gasteiger partial charge in [0.15, 0.2) is 12.2 Å².